The molecular weight excluding hydrogens is 214 g/mol. The fourth-order valence-corrected chi connectivity index (χ4v) is 3.12. The van der Waals surface area contributed by atoms with Gasteiger partial charge in [0.05, 0.1) is 0 Å². The van der Waals surface area contributed by atoms with Crippen molar-refractivity contribution in [2.45, 2.75) is 51.4 Å². The molecule has 0 N–H and O–H groups in total. The Hall–Kier alpha value is -1.30. The molecule has 1 heterocycles. The zero-order chi connectivity index (χ0) is 12.3. The molecule has 3 heteroatoms. The molecular formula is C14H19NO2. The van der Waals surface area contributed by atoms with Gasteiger partial charge in [-0.2, -0.15) is 0 Å². The third-order valence-electron chi connectivity index (χ3n) is 4.05. The lowest BCUT2D eigenvalue weighted by Gasteiger charge is -2.42. The molecule has 92 valence electrons. The SMILES string of the molecule is C#CCCN1C(=O)CC2(CCCCC2)CC1=O. The van der Waals surface area contributed by atoms with Crippen LogP contribution in [0, 0.1) is 17.8 Å². The van der Waals surface area contributed by atoms with E-state index in [1.165, 1.54) is 11.3 Å². The predicted octanol–water partition coefficient (Wildman–Crippen LogP) is 2.11. The first kappa shape index (κ1) is 12.2. The third kappa shape index (κ3) is 2.52. The molecule has 0 radical (unpaired) electrons. The molecule has 0 bridgehead atoms. The molecule has 1 saturated heterocycles. The number of carbonyl (C=O) groups is 2. The molecule has 0 atom stereocenters. The van der Waals surface area contributed by atoms with Crippen molar-refractivity contribution in [1.82, 2.24) is 4.90 Å². The summed E-state index contributed by atoms with van der Waals surface area (Å²) in [4.78, 5) is 25.4. The Morgan fingerprint density at radius 3 is 2.24 bits per heavy atom. The fraction of sp³-hybridized carbons (Fsp3) is 0.714. The molecule has 2 fully saturated rings. The van der Waals surface area contributed by atoms with E-state index in [4.69, 9.17) is 6.42 Å². The topological polar surface area (TPSA) is 37.4 Å². The maximum atomic E-state index is 12.0. The average molecular weight is 233 g/mol. The molecule has 2 aliphatic rings. The number of imide groups is 1. The van der Waals surface area contributed by atoms with Gasteiger partial charge in [0.1, 0.15) is 0 Å². The van der Waals surface area contributed by atoms with Crippen LogP contribution in [-0.2, 0) is 9.59 Å². The van der Waals surface area contributed by atoms with E-state index in [9.17, 15) is 9.59 Å². The minimum atomic E-state index is -0.0154. The summed E-state index contributed by atoms with van der Waals surface area (Å²) in [5.74, 6) is 2.45. The lowest BCUT2D eigenvalue weighted by Crippen LogP contribution is -2.48. The highest BCUT2D eigenvalue weighted by atomic mass is 16.2. The largest absolute Gasteiger partial charge is 0.282 e. The van der Waals surface area contributed by atoms with Gasteiger partial charge in [0, 0.05) is 25.8 Å². The number of rotatable bonds is 2. The summed E-state index contributed by atoms with van der Waals surface area (Å²) in [6.07, 6.45) is 12.4. The Balaban J connectivity index is 2.04. The second-order valence-electron chi connectivity index (χ2n) is 5.31. The quantitative estimate of drug-likeness (QED) is 0.541. The fourth-order valence-electron chi connectivity index (χ4n) is 3.12. The Morgan fingerprint density at radius 1 is 1.12 bits per heavy atom. The Morgan fingerprint density at radius 2 is 1.71 bits per heavy atom. The third-order valence-corrected chi connectivity index (χ3v) is 4.05. The first-order valence-electron chi connectivity index (χ1n) is 6.44. The van der Waals surface area contributed by atoms with E-state index in [0.29, 0.717) is 25.8 Å². The van der Waals surface area contributed by atoms with Gasteiger partial charge in [-0.25, -0.2) is 0 Å². The summed E-state index contributed by atoms with van der Waals surface area (Å²) in [5, 5.41) is 0. The highest BCUT2D eigenvalue weighted by Crippen LogP contribution is 2.45. The van der Waals surface area contributed by atoms with Crippen LogP contribution in [0.1, 0.15) is 51.4 Å². The standard InChI is InChI=1S/C14H19NO2/c1-2-3-9-15-12(16)10-14(11-13(15)17)7-5-4-6-8-14/h1H,3-11H2. The van der Waals surface area contributed by atoms with Gasteiger partial charge in [-0.3, -0.25) is 14.5 Å². The zero-order valence-electron chi connectivity index (χ0n) is 10.2. The number of hydrogen-bond acceptors (Lipinski definition) is 2. The van der Waals surface area contributed by atoms with Crippen molar-refractivity contribution in [3.05, 3.63) is 0 Å². The molecule has 1 saturated carbocycles. The number of piperidine rings is 1. The molecule has 3 nitrogen and oxygen atoms in total. The molecule has 17 heavy (non-hydrogen) atoms. The molecule has 1 spiro atoms. The van der Waals surface area contributed by atoms with Gasteiger partial charge < -0.3 is 0 Å². The molecule has 1 aliphatic heterocycles. The Labute approximate surface area is 103 Å². The number of hydrogen-bond donors (Lipinski definition) is 0. The van der Waals surface area contributed by atoms with Gasteiger partial charge in [0.2, 0.25) is 11.8 Å². The lowest BCUT2D eigenvalue weighted by molar-refractivity contribution is -0.154. The molecule has 1 aliphatic carbocycles. The average Bonchev–Trinajstić information content (AvgIpc) is 2.29. The maximum absolute atomic E-state index is 12.0. The van der Waals surface area contributed by atoms with Crippen molar-refractivity contribution in [1.29, 1.82) is 0 Å². The van der Waals surface area contributed by atoms with Gasteiger partial charge in [-0.05, 0) is 18.3 Å². The number of likely N-dealkylation sites (tertiary alicyclic amines) is 1. The maximum Gasteiger partial charge on any atom is 0.229 e. The predicted molar refractivity (Wildman–Crippen MR) is 64.9 cm³/mol. The zero-order valence-corrected chi connectivity index (χ0v) is 10.2. The van der Waals surface area contributed by atoms with Gasteiger partial charge in [-0.15, -0.1) is 12.3 Å². The van der Waals surface area contributed by atoms with Crippen molar-refractivity contribution in [3.8, 4) is 12.3 Å². The molecule has 0 unspecified atom stereocenters. The highest BCUT2D eigenvalue weighted by molar-refractivity contribution is 5.98. The minimum absolute atomic E-state index is 0.0148. The van der Waals surface area contributed by atoms with E-state index in [2.05, 4.69) is 5.92 Å². The van der Waals surface area contributed by atoms with Crippen molar-refractivity contribution in [2.75, 3.05) is 6.54 Å². The summed E-state index contributed by atoms with van der Waals surface area (Å²) in [7, 11) is 0. The first-order valence-corrected chi connectivity index (χ1v) is 6.44. The molecule has 0 aromatic carbocycles. The summed E-state index contributed by atoms with van der Waals surface area (Å²) in [6, 6.07) is 0. The molecule has 0 aromatic heterocycles. The second kappa shape index (κ2) is 4.91. The Kier molecular flexibility index (Phi) is 3.51. The summed E-state index contributed by atoms with van der Waals surface area (Å²) in [6.45, 7) is 0.393. The van der Waals surface area contributed by atoms with Crippen LogP contribution in [0.3, 0.4) is 0 Å². The number of amides is 2. The van der Waals surface area contributed by atoms with Crippen molar-refractivity contribution in [2.24, 2.45) is 5.41 Å². The van der Waals surface area contributed by atoms with Gasteiger partial charge in [0.15, 0.2) is 0 Å². The van der Waals surface area contributed by atoms with E-state index in [1.807, 2.05) is 0 Å². The number of carbonyl (C=O) groups excluding carboxylic acids is 2. The van der Waals surface area contributed by atoms with Crippen LogP contribution in [0.5, 0.6) is 0 Å². The van der Waals surface area contributed by atoms with Gasteiger partial charge in [0.25, 0.3) is 0 Å². The summed E-state index contributed by atoms with van der Waals surface area (Å²) >= 11 is 0. The first-order chi connectivity index (χ1) is 8.17. The van der Waals surface area contributed by atoms with E-state index >= 15 is 0 Å². The summed E-state index contributed by atoms with van der Waals surface area (Å²) in [5.41, 5.74) is -0.0148. The van der Waals surface area contributed by atoms with Crippen LogP contribution in [0.4, 0.5) is 0 Å². The van der Waals surface area contributed by atoms with Crippen LogP contribution >= 0.6 is 0 Å². The van der Waals surface area contributed by atoms with Crippen LogP contribution in [0.2, 0.25) is 0 Å². The second-order valence-corrected chi connectivity index (χ2v) is 5.31. The van der Waals surface area contributed by atoms with Gasteiger partial charge >= 0.3 is 0 Å². The lowest BCUT2D eigenvalue weighted by atomic mass is 9.67. The Bertz CT molecular complexity index is 341. The van der Waals surface area contributed by atoms with Crippen LogP contribution in [-0.4, -0.2) is 23.3 Å². The van der Waals surface area contributed by atoms with Crippen molar-refractivity contribution in [3.63, 3.8) is 0 Å². The van der Waals surface area contributed by atoms with Gasteiger partial charge in [-0.1, -0.05) is 19.3 Å². The smallest absolute Gasteiger partial charge is 0.229 e. The molecule has 2 rings (SSSR count). The van der Waals surface area contributed by atoms with Crippen LogP contribution in [0.25, 0.3) is 0 Å². The number of terminal acetylenes is 1. The molecule has 0 aromatic rings. The normalized spacial score (nSPS) is 23.8. The molecule has 2 amide bonds. The highest BCUT2D eigenvalue weighted by Gasteiger charge is 2.43. The van der Waals surface area contributed by atoms with Crippen LogP contribution < -0.4 is 0 Å². The van der Waals surface area contributed by atoms with E-state index < -0.39 is 0 Å². The summed E-state index contributed by atoms with van der Waals surface area (Å²) < 4.78 is 0. The van der Waals surface area contributed by atoms with Crippen molar-refractivity contribution < 1.29 is 9.59 Å². The monoisotopic (exact) mass is 233 g/mol. The van der Waals surface area contributed by atoms with Crippen molar-refractivity contribution >= 4 is 11.8 Å². The minimum Gasteiger partial charge on any atom is -0.282 e. The van der Waals surface area contributed by atoms with E-state index in [-0.39, 0.29) is 17.2 Å². The van der Waals surface area contributed by atoms with E-state index in [0.717, 1.165) is 25.7 Å². The number of nitrogens with zero attached hydrogens (tertiary/aromatic N) is 1. The van der Waals surface area contributed by atoms with E-state index in [1.54, 1.807) is 0 Å². The van der Waals surface area contributed by atoms with Crippen LogP contribution in [0.15, 0.2) is 0 Å².